The highest BCUT2D eigenvalue weighted by molar-refractivity contribution is 5.29. The number of nitrogens with one attached hydrogen (secondary N) is 1. The molecule has 1 aliphatic rings. The minimum atomic E-state index is -0.466. The topological polar surface area (TPSA) is 41.5 Å². The average molecular weight is 239 g/mol. The first-order valence-corrected chi connectivity index (χ1v) is 5.98. The molecule has 0 aliphatic heterocycles. The van der Waals surface area contributed by atoms with Crippen LogP contribution in [0.25, 0.3) is 0 Å². The van der Waals surface area contributed by atoms with Crippen LogP contribution in [-0.2, 0) is 6.54 Å². The normalized spacial score (nSPS) is 23.9. The van der Waals surface area contributed by atoms with Gasteiger partial charge in [0.2, 0.25) is 0 Å². The van der Waals surface area contributed by atoms with Crippen molar-refractivity contribution in [2.24, 2.45) is 0 Å². The summed E-state index contributed by atoms with van der Waals surface area (Å²) in [5, 5.41) is 12.6. The Labute approximate surface area is 101 Å². The van der Waals surface area contributed by atoms with Gasteiger partial charge in [0.25, 0.3) is 0 Å². The minimum absolute atomic E-state index is 0.232. The number of hydrogen-bond acceptors (Lipinski definition) is 3. The standard InChI is InChI=1S/C13H18FNO2/c1-15-8-9-5-6-12(10(14)7-9)17-13-4-2-3-11(13)16/h5-7,11,13,15-16H,2-4,8H2,1H3. The van der Waals surface area contributed by atoms with Crippen molar-refractivity contribution in [2.45, 2.75) is 38.0 Å². The zero-order valence-electron chi connectivity index (χ0n) is 9.95. The summed E-state index contributed by atoms with van der Waals surface area (Å²) in [6.45, 7) is 0.628. The van der Waals surface area contributed by atoms with Crippen LogP contribution in [0.5, 0.6) is 5.75 Å². The second kappa shape index (κ2) is 5.47. The summed E-state index contributed by atoms with van der Waals surface area (Å²) in [7, 11) is 1.82. The maximum atomic E-state index is 13.7. The zero-order chi connectivity index (χ0) is 12.3. The van der Waals surface area contributed by atoms with Gasteiger partial charge in [0.05, 0.1) is 6.10 Å². The van der Waals surface area contributed by atoms with Crippen molar-refractivity contribution >= 4 is 0 Å². The van der Waals surface area contributed by atoms with Gasteiger partial charge < -0.3 is 15.2 Å². The van der Waals surface area contributed by atoms with Gasteiger partial charge in [0.15, 0.2) is 11.6 Å². The molecule has 0 saturated heterocycles. The number of aliphatic hydroxyl groups is 1. The van der Waals surface area contributed by atoms with Crippen LogP contribution in [-0.4, -0.2) is 24.4 Å². The molecule has 0 heterocycles. The fourth-order valence-corrected chi connectivity index (χ4v) is 2.16. The predicted octanol–water partition coefficient (Wildman–Crippen LogP) is 1.84. The molecule has 1 fully saturated rings. The van der Waals surface area contributed by atoms with E-state index in [1.807, 2.05) is 13.1 Å². The van der Waals surface area contributed by atoms with E-state index in [0.717, 1.165) is 24.8 Å². The molecule has 0 radical (unpaired) electrons. The summed E-state index contributed by atoms with van der Waals surface area (Å²) in [6.07, 6.45) is 1.74. The van der Waals surface area contributed by atoms with Gasteiger partial charge in [-0.15, -0.1) is 0 Å². The highest BCUT2D eigenvalue weighted by Gasteiger charge is 2.27. The number of ether oxygens (including phenoxy) is 1. The second-order valence-electron chi connectivity index (χ2n) is 4.45. The smallest absolute Gasteiger partial charge is 0.165 e. The first-order chi connectivity index (χ1) is 8.20. The lowest BCUT2D eigenvalue weighted by molar-refractivity contribution is 0.0578. The van der Waals surface area contributed by atoms with Crippen LogP contribution in [0.3, 0.4) is 0 Å². The van der Waals surface area contributed by atoms with E-state index in [0.29, 0.717) is 6.54 Å². The Morgan fingerprint density at radius 3 is 2.88 bits per heavy atom. The molecule has 17 heavy (non-hydrogen) atoms. The van der Waals surface area contributed by atoms with E-state index < -0.39 is 6.10 Å². The maximum Gasteiger partial charge on any atom is 0.165 e. The first-order valence-electron chi connectivity index (χ1n) is 5.98. The average Bonchev–Trinajstić information content (AvgIpc) is 2.69. The quantitative estimate of drug-likeness (QED) is 0.842. The molecule has 1 saturated carbocycles. The molecule has 2 unspecified atom stereocenters. The van der Waals surface area contributed by atoms with Crippen molar-refractivity contribution in [1.29, 1.82) is 0 Å². The summed E-state index contributed by atoms with van der Waals surface area (Å²) >= 11 is 0. The summed E-state index contributed by atoms with van der Waals surface area (Å²) in [5.74, 6) is -0.132. The van der Waals surface area contributed by atoms with Crippen molar-refractivity contribution in [3.05, 3.63) is 29.6 Å². The van der Waals surface area contributed by atoms with E-state index in [1.165, 1.54) is 6.07 Å². The van der Waals surface area contributed by atoms with E-state index in [9.17, 15) is 9.50 Å². The summed E-state index contributed by atoms with van der Waals surface area (Å²) < 4.78 is 19.2. The van der Waals surface area contributed by atoms with Crippen LogP contribution in [0.2, 0.25) is 0 Å². The number of rotatable bonds is 4. The molecular formula is C13H18FNO2. The van der Waals surface area contributed by atoms with E-state index in [1.54, 1.807) is 6.07 Å². The fraction of sp³-hybridized carbons (Fsp3) is 0.538. The monoisotopic (exact) mass is 239 g/mol. The highest BCUT2D eigenvalue weighted by atomic mass is 19.1. The molecule has 0 aromatic heterocycles. The Morgan fingerprint density at radius 1 is 1.47 bits per heavy atom. The van der Waals surface area contributed by atoms with Gasteiger partial charge in [0, 0.05) is 6.54 Å². The van der Waals surface area contributed by atoms with Crippen LogP contribution >= 0.6 is 0 Å². The van der Waals surface area contributed by atoms with Crippen LogP contribution in [0.1, 0.15) is 24.8 Å². The molecular weight excluding hydrogens is 221 g/mol. The molecule has 4 heteroatoms. The predicted molar refractivity (Wildman–Crippen MR) is 63.4 cm³/mol. The fourth-order valence-electron chi connectivity index (χ4n) is 2.16. The summed E-state index contributed by atoms with van der Waals surface area (Å²) in [4.78, 5) is 0. The third-order valence-electron chi connectivity index (χ3n) is 3.07. The van der Waals surface area contributed by atoms with E-state index in [-0.39, 0.29) is 17.7 Å². The molecule has 0 spiro atoms. The molecule has 0 amide bonds. The summed E-state index contributed by atoms with van der Waals surface area (Å²) in [6, 6.07) is 4.93. The van der Waals surface area contributed by atoms with Gasteiger partial charge >= 0.3 is 0 Å². The molecule has 2 rings (SSSR count). The number of aliphatic hydroxyl groups excluding tert-OH is 1. The van der Waals surface area contributed by atoms with Crippen molar-refractivity contribution < 1.29 is 14.2 Å². The number of halogens is 1. The Balaban J connectivity index is 2.05. The molecule has 1 aliphatic carbocycles. The van der Waals surface area contributed by atoms with Gasteiger partial charge in [0.1, 0.15) is 6.10 Å². The van der Waals surface area contributed by atoms with Crippen molar-refractivity contribution in [1.82, 2.24) is 5.32 Å². The lowest BCUT2D eigenvalue weighted by Crippen LogP contribution is -2.26. The van der Waals surface area contributed by atoms with E-state index in [4.69, 9.17) is 4.74 Å². The molecule has 1 aromatic carbocycles. The van der Waals surface area contributed by atoms with Crippen molar-refractivity contribution in [3.63, 3.8) is 0 Å². The van der Waals surface area contributed by atoms with Gasteiger partial charge in [-0.1, -0.05) is 6.07 Å². The van der Waals surface area contributed by atoms with Crippen LogP contribution < -0.4 is 10.1 Å². The Hall–Kier alpha value is -1.13. The lowest BCUT2D eigenvalue weighted by Gasteiger charge is -2.17. The SMILES string of the molecule is CNCc1ccc(OC2CCCC2O)c(F)c1. The second-order valence-corrected chi connectivity index (χ2v) is 4.45. The van der Waals surface area contributed by atoms with Gasteiger partial charge in [-0.3, -0.25) is 0 Å². The molecule has 1 aromatic rings. The van der Waals surface area contributed by atoms with Crippen molar-refractivity contribution in [2.75, 3.05) is 7.05 Å². The third kappa shape index (κ3) is 2.96. The molecule has 2 atom stereocenters. The Morgan fingerprint density at radius 2 is 2.29 bits per heavy atom. The number of hydrogen-bond donors (Lipinski definition) is 2. The van der Waals surface area contributed by atoms with E-state index >= 15 is 0 Å². The van der Waals surface area contributed by atoms with Crippen LogP contribution in [0.4, 0.5) is 4.39 Å². The maximum absolute atomic E-state index is 13.7. The lowest BCUT2D eigenvalue weighted by atomic mass is 10.2. The molecule has 94 valence electrons. The molecule has 2 N–H and O–H groups in total. The van der Waals surface area contributed by atoms with Gasteiger partial charge in [-0.2, -0.15) is 0 Å². The third-order valence-corrected chi connectivity index (χ3v) is 3.07. The van der Waals surface area contributed by atoms with Crippen molar-refractivity contribution in [3.8, 4) is 5.75 Å². The molecule has 0 bridgehead atoms. The van der Waals surface area contributed by atoms with Gasteiger partial charge in [-0.25, -0.2) is 4.39 Å². The first kappa shape index (κ1) is 12.3. The highest BCUT2D eigenvalue weighted by Crippen LogP contribution is 2.26. The van der Waals surface area contributed by atoms with E-state index in [2.05, 4.69) is 5.32 Å². The molecule has 3 nitrogen and oxygen atoms in total. The minimum Gasteiger partial charge on any atom is -0.485 e. The number of benzene rings is 1. The van der Waals surface area contributed by atoms with Gasteiger partial charge in [-0.05, 0) is 44.0 Å². The van der Waals surface area contributed by atoms with Crippen LogP contribution in [0.15, 0.2) is 18.2 Å². The Kier molecular flexibility index (Phi) is 3.97. The zero-order valence-corrected chi connectivity index (χ0v) is 9.95. The summed E-state index contributed by atoms with van der Waals surface area (Å²) in [5.41, 5.74) is 0.879. The van der Waals surface area contributed by atoms with Crippen LogP contribution in [0, 0.1) is 5.82 Å². The largest absolute Gasteiger partial charge is 0.485 e. The Bertz CT molecular complexity index is 384.